The Kier molecular flexibility index (Phi) is 2.32. The number of pyridine rings is 1. The van der Waals surface area contributed by atoms with Crippen molar-refractivity contribution in [1.29, 1.82) is 0 Å². The molecule has 0 bridgehead atoms. The van der Waals surface area contributed by atoms with E-state index in [9.17, 15) is 8.78 Å². The Morgan fingerprint density at radius 3 is 2.67 bits per heavy atom. The predicted molar refractivity (Wildman–Crippen MR) is 40.3 cm³/mol. The van der Waals surface area contributed by atoms with Gasteiger partial charge in [-0.2, -0.15) is 0 Å². The molecule has 1 aromatic heterocycles. The lowest BCUT2D eigenvalue weighted by molar-refractivity contribution is 0.142. The van der Waals surface area contributed by atoms with Crippen LogP contribution in [0.4, 0.5) is 14.5 Å². The van der Waals surface area contributed by atoms with E-state index in [0.717, 1.165) is 6.07 Å². The number of aromatic hydroxyl groups is 1. The summed E-state index contributed by atoms with van der Waals surface area (Å²) in [7, 11) is 0. The molecule has 0 spiro atoms. The number of halogens is 3. The van der Waals surface area contributed by atoms with Gasteiger partial charge in [0.05, 0.1) is 5.69 Å². The molecule has 66 valence electrons. The van der Waals surface area contributed by atoms with E-state index in [2.05, 4.69) is 4.98 Å². The first-order valence-corrected chi connectivity index (χ1v) is 3.33. The van der Waals surface area contributed by atoms with E-state index in [-0.39, 0.29) is 10.8 Å². The summed E-state index contributed by atoms with van der Waals surface area (Å²) in [5, 5.41) is 8.80. The maximum Gasteiger partial charge on any atom is 0.284 e. The Labute approximate surface area is 71.8 Å². The Morgan fingerprint density at radius 1 is 1.58 bits per heavy atom. The lowest BCUT2D eigenvalue weighted by Gasteiger charge is -2.04. The van der Waals surface area contributed by atoms with Crippen LogP contribution in [0.3, 0.4) is 0 Å². The van der Waals surface area contributed by atoms with Gasteiger partial charge in [0.15, 0.2) is 11.4 Å². The molecule has 3 N–H and O–H groups in total. The van der Waals surface area contributed by atoms with Crippen LogP contribution in [0.2, 0.25) is 5.15 Å². The third kappa shape index (κ3) is 1.55. The maximum atomic E-state index is 12.1. The van der Waals surface area contributed by atoms with Gasteiger partial charge in [-0.05, 0) is 0 Å². The fraction of sp³-hybridized carbons (Fsp3) is 0.167. The van der Waals surface area contributed by atoms with Crippen LogP contribution in [0.5, 0.6) is 5.75 Å². The minimum Gasteiger partial charge on any atom is -0.504 e. The zero-order valence-corrected chi connectivity index (χ0v) is 6.52. The zero-order chi connectivity index (χ0) is 9.30. The van der Waals surface area contributed by atoms with Crippen molar-refractivity contribution in [2.24, 2.45) is 0 Å². The van der Waals surface area contributed by atoms with Crippen LogP contribution in [0.25, 0.3) is 0 Å². The van der Waals surface area contributed by atoms with Crippen molar-refractivity contribution >= 4 is 17.3 Å². The van der Waals surface area contributed by atoms with Crippen LogP contribution in [0.15, 0.2) is 6.07 Å². The first kappa shape index (κ1) is 8.99. The molecule has 1 rings (SSSR count). The molecule has 12 heavy (non-hydrogen) atoms. The fourth-order valence-electron chi connectivity index (χ4n) is 0.697. The number of nitrogens with zero attached hydrogens (tertiary/aromatic N) is 1. The van der Waals surface area contributed by atoms with Crippen molar-refractivity contribution in [3.63, 3.8) is 0 Å². The quantitative estimate of drug-likeness (QED) is 0.672. The number of rotatable bonds is 1. The highest BCUT2D eigenvalue weighted by molar-refractivity contribution is 6.29. The Balaban J connectivity index is 3.28. The van der Waals surface area contributed by atoms with Gasteiger partial charge in [-0.15, -0.1) is 0 Å². The summed E-state index contributed by atoms with van der Waals surface area (Å²) in [6.07, 6.45) is -2.88. The lowest BCUT2D eigenvalue weighted by Crippen LogP contribution is -1.96. The maximum absolute atomic E-state index is 12.1. The molecule has 0 aliphatic rings. The Bertz CT molecular complexity index is 306. The second kappa shape index (κ2) is 3.10. The average Bonchev–Trinajstić information content (AvgIpc) is 1.96. The van der Waals surface area contributed by atoms with Crippen molar-refractivity contribution in [3.05, 3.63) is 16.9 Å². The van der Waals surface area contributed by atoms with E-state index in [4.69, 9.17) is 22.4 Å². The van der Waals surface area contributed by atoms with Crippen LogP contribution >= 0.6 is 11.6 Å². The van der Waals surface area contributed by atoms with Gasteiger partial charge in [0.2, 0.25) is 0 Å². The number of aromatic nitrogens is 1. The second-order valence-electron chi connectivity index (χ2n) is 2.07. The Hall–Kier alpha value is -1.10. The summed E-state index contributed by atoms with van der Waals surface area (Å²) in [4.78, 5) is 3.22. The van der Waals surface area contributed by atoms with Gasteiger partial charge in [0.25, 0.3) is 6.43 Å². The summed E-state index contributed by atoms with van der Waals surface area (Å²) in [6.45, 7) is 0. The van der Waals surface area contributed by atoms with Crippen molar-refractivity contribution in [3.8, 4) is 5.75 Å². The Morgan fingerprint density at radius 2 is 2.17 bits per heavy atom. The third-order valence-electron chi connectivity index (χ3n) is 1.22. The lowest BCUT2D eigenvalue weighted by atomic mass is 10.3. The highest BCUT2D eigenvalue weighted by Crippen LogP contribution is 2.32. The number of nitrogens with two attached hydrogens (primary N) is 1. The monoisotopic (exact) mass is 194 g/mol. The zero-order valence-electron chi connectivity index (χ0n) is 5.76. The molecule has 0 radical (unpaired) electrons. The van der Waals surface area contributed by atoms with Gasteiger partial charge in [-0.1, -0.05) is 11.6 Å². The fourth-order valence-corrected chi connectivity index (χ4v) is 0.906. The van der Waals surface area contributed by atoms with Gasteiger partial charge < -0.3 is 10.8 Å². The minimum atomic E-state index is -2.88. The molecule has 0 aliphatic carbocycles. The molecule has 0 aliphatic heterocycles. The van der Waals surface area contributed by atoms with E-state index in [1.54, 1.807) is 0 Å². The first-order chi connectivity index (χ1) is 5.52. The molecular formula is C6H5ClF2N2O. The summed E-state index contributed by atoms with van der Waals surface area (Å²) in [5.74, 6) is -0.714. The number of alkyl halides is 2. The van der Waals surface area contributed by atoms with Gasteiger partial charge in [0, 0.05) is 6.07 Å². The van der Waals surface area contributed by atoms with Gasteiger partial charge >= 0.3 is 0 Å². The smallest absolute Gasteiger partial charge is 0.284 e. The number of anilines is 1. The number of nitrogen functional groups attached to an aromatic ring is 1. The SMILES string of the molecule is Nc1cc(Cl)nc(C(F)F)c1O. The standard InChI is InChI=1S/C6H5ClF2N2O/c7-3-1-2(10)5(12)4(11-3)6(8)9/h1,6,12H,(H2,10,11). The van der Waals surface area contributed by atoms with E-state index < -0.39 is 17.9 Å². The van der Waals surface area contributed by atoms with E-state index in [1.807, 2.05) is 0 Å². The summed E-state index contributed by atoms with van der Waals surface area (Å²) >= 11 is 5.33. The predicted octanol–water partition coefficient (Wildman–Crippen LogP) is 1.96. The molecule has 0 unspecified atom stereocenters. The summed E-state index contributed by atoms with van der Waals surface area (Å²) in [6, 6.07) is 1.10. The molecule has 0 atom stereocenters. The van der Waals surface area contributed by atoms with Crippen molar-refractivity contribution in [1.82, 2.24) is 4.98 Å². The molecule has 1 aromatic rings. The van der Waals surface area contributed by atoms with Crippen molar-refractivity contribution in [2.45, 2.75) is 6.43 Å². The van der Waals surface area contributed by atoms with E-state index in [0.29, 0.717) is 0 Å². The highest BCUT2D eigenvalue weighted by atomic mass is 35.5. The van der Waals surface area contributed by atoms with Crippen LogP contribution in [-0.2, 0) is 0 Å². The topological polar surface area (TPSA) is 59.1 Å². The van der Waals surface area contributed by atoms with Crippen molar-refractivity contribution < 1.29 is 13.9 Å². The highest BCUT2D eigenvalue weighted by Gasteiger charge is 2.17. The molecule has 0 fully saturated rings. The molecule has 0 saturated heterocycles. The average molecular weight is 195 g/mol. The van der Waals surface area contributed by atoms with Gasteiger partial charge in [-0.25, -0.2) is 13.8 Å². The molecular weight excluding hydrogens is 190 g/mol. The van der Waals surface area contributed by atoms with Crippen LogP contribution < -0.4 is 5.73 Å². The normalized spacial score (nSPS) is 10.7. The third-order valence-corrected chi connectivity index (χ3v) is 1.42. The summed E-state index contributed by atoms with van der Waals surface area (Å²) in [5.41, 5.74) is 4.16. The summed E-state index contributed by atoms with van der Waals surface area (Å²) < 4.78 is 24.1. The number of hydrogen-bond acceptors (Lipinski definition) is 3. The molecule has 3 nitrogen and oxygen atoms in total. The van der Waals surface area contributed by atoms with Crippen molar-refractivity contribution in [2.75, 3.05) is 5.73 Å². The van der Waals surface area contributed by atoms with Gasteiger partial charge in [-0.3, -0.25) is 0 Å². The first-order valence-electron chi connectivity index (χ1n) is 2.95. The van der Waals surface area contributed by atoms with E-state index in [1.165, 1.54) is 0 Å². The van der Waals surface area contributed by atoms with Crippen LogP contribution in [0.1, 0.15) is 12.1 Å². The molecule has 0 saturated carbocycles. The molecule has 6 heteroatoms. The van der Waals surface area contributed by atoms with Crippen LogP contribution in [-0.4, -0.2) is 10.1 Å². The van der Waals surface area contributed by atoms with Crippen LogP contribution in [0, 0.1) is 0 Å². The molecule has 1 heterocycles. The van der Waals surface area contributed by atoms with E-state index >= 15 is 0 Å². The largest absolute Gasteiger partial charge is 0.504 e. The molecule has 0 aromatic carbocycles. The second-order valence-corrected chi connectivity index (χ2v) is 2.46. The number of hydrogen-bond donors (Lipinski definition) is 2. The van der Waals surface area contributed by atoms with Gasteiger partial charge in [0.1, 0.15) is 5.15 Å². The minimum absolute atomic E-state index is 0.166. The molecule has 0 amide bonds.